The van der Waals surface area contributed by atoms with Crippen LogP contribution in [0.2, 0.25) is 0 Å². The number of aromatic nitrogens is 4. The molecule has 0 saturated heterocycles. The van der Waals surface area contributed by atoms with Crippen LogP contribution in [0.3, 0.4) is 0 Å². The summed E-state index contributed by atoms with van der Waals surface area (Å²) in [5.74, 6) is 2.46. The van der Waals surface area contributed by atoms with E-state index in [1.165, 1.54) is 0 Å². The van der Waals surface area contributed by atoms with Gasteiger partial charge >= 0.3 is 0 Å². The molecule has 28 heavy (non-hydrogen) atoms. The third-order valence-electron chi connectivity index (χ3n) is 4.50. The molecule has 0 radical (unpaired) electrons. The third-order valence-corrected chi connectivity index (χ3v) is 4.50. The Bertz CT molecular complexity index is 1180. The maximum Gasteiger partial charge on any atom is 0.226 e. The predicted octanol–water partition coefficient (Wildman–Crippen LogP) is 4.00. The van der Waals surface area contributed by atoms with Gasteiger partial charge in [-0.2, -0.15) is 4.98 Å². The lowest BCUT2D eigenvalue weighted by atomic mass is 10.1. The molecule has 2 heterocycles. The van der Waals surface area contributed by atoms with Crippen LogP contribution in [0.5, 0.6) is 11.6 Å². The lowest BCUT2D eigenvalue weighted by molar-refractivity contribution is 0.344. The Hall–Kier alpha value is -3.48. The first-order chi connectivity index (χ1) is 13.6. The number of rotatable bonds is 5. The fourth-order valence-corrected chi connectivity index (χ4v) is 3.24. The van der Waals surface area contributed by atoms with E-state index >= 15 is 0 Å². The summed E-state index contributed by atoms with van der Waals surface area (Å²) in [7, 11) is 3.37. The van der Waals surface area contributed by atoms with Crippen molar-refractivity contribution in [2.45, 2.75) is 13.8 Å². The molecule has 1 N–H and O–H groups in total. The van der Waals surface area contributed by atoms with Crippen molar-refractivity contribution in [3.8, 4) is 23.0 Å². The molecule has 0 atom stereocenters. The van der Waals surface area contributed by atoms with Crippen LogP contribution in [0.15, 0.2) is 36.4 Å². The smallest absolute Gasteiger partial charge is 0.226 e. The predicted molar refractivity (Wildman–Crippen MR) is 110 cm³/mol. The van der Waals surface area contributed by atoms with Gasteiger partial charge in [0.1, 0.15) is 5.75 Å². The molecule has 0 saturated carbocycles. The molecule has 0 fully saturated rings. The molecule has 7 nitrogen and oxygen atoms in total. The van der Waals surface area contributed by atoms with E-state index in [9.17, 15) is 0 Å². The van der Waals surface area contributed by atoms with E-state index in [0.717, 1.165) is 38.8 Å². The molecule has 2 aromatic heterocycles. The number of methoxy groups -OCH3 is 1. The summed E-state index contributed by atoms with van der Waals surface area (Å²) in [6.07, 6.45) is 0. The summed E-state index contributed by atoms with van der Waals surface area (Å²) < 4.78 is 11.2. The van der Waals surface area contributed by atoms with Crippen LogP contribution in [0.1, 0.15) is 12.6 Å². The number of nitrogens with zero attached hydrogens (tertiary/aromatic N) is 4. The minimum absolute atomic E-state index is 0.507. The van der Waals surface area contributed by atoms with Crippen molar-refractivity contribution in [1.82, 2.24) is 19.9 Å². The van der Waals surface area contributed by atoms with Gasteiger partial charge in [0.15, 0.2) is 5.82 Å². The van der Waals surface area contributed by atoms with Crippen molar-refractivity contribution in [3.05, 3.63) is 42.1 Å². The van der Waals surface area contributed by atoms with Crippen molar-refractivity contribution in [1.29, 1.82) is 0 Å². The quantitative estimate of drug-likeness (QED) is 0.564. The van der Waals surface area contributed by atoms with E-state index in [2.05, 4.69) is 15.3 Å². The number of benzene rings is 2. The molecular weight excluding hydrogens is 354 g/mol. The molecule has 7 heteroatoms. The van der Waals surface area contributed by atoms with Gasteiger partial charge in [0, 0.05) is 12.6 Å². The maximum atomic E-state index is 5.74. The molecule has 4 aromatic rings. The third kappa shape index (κ3) is 3.05. The van der Waals surface area contributed by atoms with Gasteiger partial charge in [-0.25, -0.2) is 15.0 Å². The Morgan fingerprint density at radius 1 is 1.00 bits per heavy atom. The zero-order valence-corrected chi connectivity index (χ0v) is 16.3. The zero-order valence-electron chi connectivity index (χ0n) is 16.3. The second-order valence-electron chi connectivity index (χ2n) is 6.25. The lowest BCUT2D eigenvalue weighted by Crippen LogP contribution is -2.01. The number of anilines is 1. The maximum absolute atomic E-state index is 5.74. The van der Waals surface area contributed by atoms with E-state index in [1.807, 2.05) is 50.2 Å². The van der Waals surface area contributed by atoms with Gasteiger partial charge in [-0.3, -0.25) is 0 Å². The Kier molecular flexibility index (Phi) is 4.65. The number of hydrogen-bond acceptors (Lipinski definition) is 7. The standard InChI is InChI=1S/C21H21N5O2/c1-5-28-17-8-6-7-16-18(17)12(2)23-19(24-16)13-9-10-15-14(11-13)20(27-4)26-21(22-3)25-15/h6-11H,5H2,1-4H3,(H,22,25,26). The van der Waals surface area contributed by atoms with E-state index in [4.69, 9.17) is 19.4 Å². The van der Waals surface area contributed by atoms with Crippen LogP contribution < -0.4 is 14.8 Å². The average Bonchev–Trinajstić information content (AvgIpc) is 2.72. The lowest BCUT2D eigenvalue weighted by Gasteiger charge is -2.11. The highest BCUT2D eigenvalue weighted by molar-refractivity contribution is 5.91. The van der Waals surface area contributed by atoms with Gasteiger partial charge < -0.3 is 14.8 Å². The summed E-state index contributed by atoms with van der Waals surface area (Å²) >= 11 is 0. The van der Waals surface area contributed by atoms with Crippen molar-refractivity contribution >= 4 is 27.8 Å². The number of nitrogens with one attached hydrogen (secondary N) is 1. The highest BCUT2D eigenvalue weighted by Gasteiger charge is 2.14. The molecule has 0 aliphatic rings. The molecule has 0 spiro atoms. The molecule has 4 rings (SSSR count). The number of aryl methyl sites for hydroxylation is 1. The van der Waals surface area contributed by atoms with Crippen LogP contribution in [0, 0.1) is 6.92 Å². The Balaban J connectivity index is 1.89. The molecule has 0 unspecified atom stereocenters. The summed E-state index contributed by atoms with van der Waals surface area (Å²) in [4.78, 5) is 18.3. The van der Waals surface area contributed by atoms with E-state index in [-0.39, 0.29) is 0 Å². The van der Waals surface area contributed by atoms with E-state index < -0.39 is 0 Å². The minimum Gasteiger partial charge on any atom is -0.493 e. The normalized spacial score (nSPS) is 11.0. The number of fused-ring (bicyclic) bond motifs is 2. The molecule has 0 aliphatic carbocycles. The molecule has 0 amide bonds. The SMILES string of the molecule is CCOc1cccc2nc(-c3ccc4nc(NC)nc(OC)c4c3)nc(C)c12. The molecule has 142 valence electrons. The van der Waals surface area contributed by atoms with Crippen LogP contribution in [0.4, 0.5) is 5.95 Å². The van der Waals surface area contributed by atoms with Crippen molar-refractivity contribution in [2.24, 2.45) is 0 Å². The Morgan fingerprint density at radius 3 is 2.61 bits per heavy atom. The van der Waals surface area contributed by atoms with Crippen LogP contribution in [0.25, 0.3) is 33.2 Å². The van der Waals surface area contributed by atoms with Gasteiger partial charge in [-0.05, 0) is 44.2 Å². The first-order valence-corrected chi connectivity index (χ1v) is 9.08. The molecule has 0 bridgehead atoms. The van der Waals surface area contributed by atoms with Crippen molar-refractivity contribution < 1.29 is 9.47 Å². The molecule has 2 aromatic carbocycles. The first-order valence-electron chi connectivity index (χ1n) is 9.08. The summed E-state index contributed by atoms with van der Waals surface area (Å²) in [5.41, 5.74) is 3.38. The van der Waals surface area contributed by atoms with E-state index in [0.29, 0.717) is 24.3 Å². The van der Waals surface area contributed by atoms with E-state index in [1.54, 1.807) is 14.2 Å². The summed E-state index contributed by atoms with van der Waals surface area (Å²) in [5, 5.41) is 4.69. The number of ether oxygens (including phenoxy) is 2. The fourth-order valence-electron chi connectivity index (χ4n) is 3.24. The average molecular weight is 375 g/mol. The summed E-state index contributed by atoms with van der Waals surface area (Å²) in [6.45, 7) is 4.53. The summed E-state index contributed by atoms with van der Waals surface area (Å²) in [6, 6.07) is 11.7. The molecule has 0 aliphatic heterocycles. The van der Waals surface area contributed by atoms with Crippen LogP contribution >= 0.6 is 0 Å². The van der Waals surface area contributed by atoms with Gasteiger partial charge in [0.2, 0.25) is 11.8 Å². The topological polar surface area (TPSA) is 82.1 Å². The Morgan fingerprint density at radius 2 is 1.86 bits per heavy atom. The number of hydrogen-bond donors (Lipinski definition) is 1. The van der Waals surface area contributed by atoms with Crippen molar-refractivity contribution in [3.63, 3.8) is 0 Å². The molecular formula is C21H21N5O2. The van der Waals surface area contributed by atoms with Gasteiger partial charge in [0.25, 0.3) is 0 Å². The van der Waals surface area contributed by atoms with Gasteiger partial charge in [-0.15, -0.1) is 0 Å². The van der Waals surface area contributed by atoms with Crippen LogP contribution in [-0.4, -0.2) is 40.7 Å². The second-order valence-corrected chi connectivity index (χ2v) is 6.25. The second kappa shape index (κ2) is 7.26. The van der Waals surface area contributed by atoms with Gasteiger partial charge in [-0.1, -0.05) is 6.07 Å². The first kappa shape index (κ1) is 17.9. The Labute approximate surface area is 162 Å². The minimum atomic E-state index is 0.507. The largest absolute Gasteiger partial charge is 0.493 e. The highest BCUT2D eigenvalue weighted by Crippen LogP contribution is 2.31. The van der Waals surface area contributed by atoms with Crippen LogP contribution in [-0.2, 0) is 0 Å². The monoisotopic (exact) mass is 375 g/mol. The fraction of sp³-hybridized carbons (Fsp3) is 0.238. The van der Waals surface area contributed by atoms with Crippen molar-refractivity contribution in [2.75, 3.05) is 26.1 Å². The zero-order chi connectivity index (χ0) is 19.7. The van der Waals surface area contributed by atoms with Gasteiger partial charge in [0.05, 0.1) is 41.2 Å². The highest BCUT2D eigenvalue weighted by atomic mass is 16.5.